The Kier molecular flexibility index (Phi) is 2.50. The zero-order valence-electron chi connectivity index (χ0n) is 9.00. The van der Waals surface area contributed by atoms with Gasteiger partial charge >= 0.3 is 0 Å². The Bertz CT molecular complexity index is 420. The molecule has 0 aromatic heterocycles. The molecule has 2 aliphatic heterocycles. The van der Waals surface area contributed by atoms with Crippen LogP contribution < -0.4 is 0 Å². The number of rotatable bonds is 1. The van der Waals surface area contributed by atoms with Gasteiger partial charge in [0.05, 0.1) is 25.7 Å². The van der Waals surface area contributed by atoms with Crippen molar-refractivity contribution in [3.8, 4) is 0 Å². The van der Waals surface area contributed by atoms with E-state index in [9.17, 15) is 0 Å². The fourth-order valence-corrected chi connectivity index (χ4v) is 2.38. The van der Waals surface area contributed by atoms with E-state index in [-0.39, 0.29) is 0 Å². The molecule has 1 aromatic rings. The van der Waals surface area contributed by atoms with E-state index >= 15 is 0 Å². The topological polar surface area (TPSA) is 18.5 Å². The predicted molar refractivity (Wildman–Crippen MR) is 61.8 cm³/mol. The van der Waals surface area contributed by atoms with Crippen LogP contribution in [0, 0.1) is 5.92 Å². The van der Waals surface area contributed by atoms with Crippen LogP contribution in [0.4, 0.5) is 0 Å². The van der Waals surface area contributed by atoms with Gasteiger partial charge in [-0.05, 0) is 17.2 Å². The van der Waals surface area contributed by atoms with Gasteiger partial charge in [0.2, 0.25) is 0 Å². The van der Waals surface area contributed by atoms with E-state index in [2.05, 4.69) is 30.3 Å². The molecule has 1 aromatic carbocycles. The maximum absolute atomic E-state index is 5.52. The van der Waals surface area contributed by atoms with Gasteiger partial charge in [-0.3, -0.25) is 0 Å². The highest BCUT2D eigenvalue weighted by molar-refractivity contribution is 5.30. The molecule has 16 heavy (non-hydrogen) atoms. The van der Waals surface area contributed by atoms with E-state index in [1.165, 1.54) is 11.1 Å². The molecule has 82 valence electrons. The van der Waals surface area contributed by atoms with Crippen LogP contribution in [0.15, 0.2) is 54.5 Å². The van der Waals surface area contributed by atoms with Gasteiger partial charge in [0, 0.05) is 11.8 Å². The first-order chi connectivity index (χ1) is 7.95. The van der Waals surface area contributed by atoms with Crippen LogP contribution in [0.2, 0.25) is 0 Å². The van der Waals surface area contributed by atoms with Crippen molar-refractivity contribution in [1.29, 1.82) is 0 Å². The average molecular weight is 214 g/mol. The number of hydrogen-bond acceptors (Lipinski definition) is 2. The monoisotopic (exact) mass is 214 g/mol. The fourth-order valence-electron chi connectivity index (χ4n) is 2.38. The van der Waals surface area contributed by atoms with Crippen molar-refractivity contribution in [2.45, 2.75) is 5.92 Å². The summed E-state index contributed by atoms with van der Waals surface area (Å²) in [5.74, 6) is 0.804. The quantitative estimate of drug-likeness (QED) is 0.715. The lowest BCUT2D eigenvalue weighted by Crippen LogP contribution is -2.12. The molecule has 0 aliphatic carbocycles. The molecule has 1 saturated heterocycles. The van der Waals surface area contributed by atoms with Crippen molar-refractivity contribution in [1.82, 2.24) is 0 Å². The van der Waals surface area contributed by atoms with Crippen LogP contribution in [-0.2, 0) is 9.47 Å². The second-order valence-electron chi connectivity index (χ2n) is 4.22. The van der Waals surface area contributed by atoms with Crippen molar-refractivity contribution >= 4 is 0 Å². The van der Waals surface area contributed by atoms with Crippen LogP contribution in [-0.4, -0.2) is 13.2 Å². The number of benzene rings is 1. The Morgan fingerprint density at radius 3 is 2.88 bits per heavy atom. The second-order valence-corrected chi connectivity index (χ2v) is 4.22. The van der Waals surface area contributed by atoms with Gasteiger partial charge in [0.15, 0.2) is 0 Å². The Labute approximate surface area is 95.2 Å². The Balaban J connectivity index is 1.97. The SMILES string of the molecule is C1=C[C@@H](c2ccccc2)[C@@H]2COCC2=CO1. The summed E-state index contributed by atoms with van der Waals surface area (Å²) in [5, 5.41) is 0. The fraction of sp³-hybridized carbons (Fsp3) is 0.286. The van der Waals surface area contributed by atoms with Crippen LogP contribution in [0.5, 0.6) is 0 Å². The maximum atomic E-state index is 5.52. The second kappa shape index (κ2) is 4.14. The first-order valence-electron chi connectivity index (χ1n) is 5.59. The summed E-state index contributed by atoms with van der Waals surface area (Å²) < 4.78 is 10.9. The zero-order valence-corrected chi connectivity index (χ0v) is 9.00. The van der Waals surface area contributed by atoms with Gasteiger partial charge in [-0.25, -0.2) is 0 Å². The van der Waals surface area contributed by atoms with E-state index in [4.69, 9.17) is 9.47 Å². The molecule has 0 unspecified atom stereocenters. The highest BCUT2D eigenvalue weighted by Crippen LogP contribution is 2.36. The summed E-state index contributed by atoms with van der Waals surface area (Å²) in [7, 11) is 0. The number of allylic oxidation sites excluding steroid dienone is 1. The minimum Gasteiger partial charge on any atom is -0.473 e. The minimum atomic E-state index is 0.373. The van der Waals surface area contributed by atoms with Gasteiger partial charge in [-0.1, -0.05) is 30.3 Å². The molecule has 2 atom stereocenters. The molecular formula is C14H14O2. The Hall–Kier alpha value is -1.54. The summed E-state index contributed by atoms with van der Waals surface area (Å²) in [5.41, 5.74) is 2.59. The lowest BCUT2D eigenvalue weighted by atomic mass is 9.83. The third kappa shape index (κ3) is 1.65. The zero-order chi connectivity index (χ0) is 10.8. The van der Waals surface area contributed by atoms with Gasteiger partial charge in [0.1, 0.15) is 0 Å². The maximum Gasteiger partial charge on any atom is 0.0920 e. The highest BCUT2D eigenvalue weighted by atomic mass is 16.5. The van der Waals surface area contributed by atoms with Gasteiger partial charge < -0.3 is 9.47 Å². The number of fused-ring (bicyclic) bond motifs is 1. The van der Waals surface area contributed by atoms with E-state index in [0.29, 0.717) is 18.4 Å². The summed E-state index contributed by atoms with van der Waals surface area (Å²) >= 11 is 0. The molecule has 0 amide bonds. The lowest BCUT2D eigenvalue weighted by Gasteiger charge is -2.18. The molecule has 0 N–H and O–H groups in total. The first kappa shape index (κ1) is 9.67. The summed E-state index contributed by atoms with van der Waals surface area (Å²) in [6, 6.07) is 10.5. The van der Waals surface area contributed by atoms with Crippen molar-refractivity contribution in [3.63, 3.8) is 0 Å². The Morgan fingerprint density at radius 2 is 2.00 bits per heavy atom. The third-order valence-electron chi connectivity index (χ3n) is 3.24. The van der Waals surface area contributed by atoms with Gasteiger partial charge in [-0.15, -0.1) is 0 Å². The normalized spacial score (nSPS) is 27.9. The molecule has 2 heteroatoms. The van der Waals surface area contributed by atoms with Crippen LogP contribution in [0.25, 0.3) is 0 Å². The molecule has 0 bridgehead atoms. The summed E-state index contributed by atoms with van der Waals surface area (Å²) in [4.78, 5) is 0. The molecule has 2 nitrogen and oxygen atoms in total. The average Bonchev–Trinajstić information content (AvgIpc) is 2.70. The van der Waals surface area contributed by atoms with Crippen molar-refractivity contribution in [2.75, 3.05) is 13.2 Å². The Morgan fingerprint density at radius 1 is 1.12 bits per heavy atom. The largest absolute Gasteiger partial charge is 0.473 e. The molecule has 0 saturated carbocycles. The number of ether oxygens (including phenoxy) is 2. The van der Waals surface area contributed by atoms with Crippen molar-refractivity contribution in [2.24, 2.45) is 5.92 Å². The highest BCUT2D eigenvalue weighted by Gasteiger charge is 2.31. The van der Waals surface area contributed by atoms with Crippen LogP contribution >= 0.6 is 0 Å². The number of hydrogen-bond donors (Lipinski definition) is 0. The molecular weight excluding hydrogens is 200 g/mol. The third-order valence-corrected chi connectivity index (χ3v) is 3.24. The molecule has 2 heterocycles. The van der Waals surface area contributed by atoms with Crippen LogP contribution in [0.1, 0.15) is 11.5 Å². The van der Waals surface area contributed by atoms with Gasteiger partial charge in [0.25, 0.3) is 0 Å². The van der Waals surface area contributed by atoms with E-state index in [1.54, 1.807) is 6.26 Å². The molecule has 1 fully saturated rings. The van der Waals surface area contributed by atoms with E-state index < -0.39 is 0 Å². The predicted octanol–water partition coefficient (Wildman–Crippen LogP) is 2.84. The smallest absolute Gasteiger partial charge is 0.0920 e. The summed E-state index contributed by atoms with van der Waals surface area (Å²) in [6.45, 7) is 1.49. The standard InChI is InChI=1S/C14H14O2/c1-2-4-11(5-3-1)13-6-7-15-8-12-9-16-10-14(12)13/h1-8,13-14H,9-10H2/t13-,14+/m0/s1. The first-order valence-corrected chi connectivity index (χ1v) is 5.59. The van der Waals surface area contributed by atoms with E-state index in [1.807, 2.05) is 12.3 Å². The molecule has 0 spiro atoms. The van der Waals surface area contributed by atoms with Crippen molar-refractivity contribution in [3.05, 3.63) is 60.1 Å². The lowest BCUT2D eigenvalue weighted by molar-refractivity contribution is 0.184. The minimum absolute atomic E-state index is 0.373. The molecule has 2 aliphatic rings. The summed E-state index contributed by atoms with van der Waals surface area (Å²) in [6.07, 6.45) is 5.73. The van der Waals surface area contributed by atoms with Gasteiger partial charge in [-0.2, -0.15) is 0 Å². The molecule has 0 radical (unpaired) electrons. The van der Waals surface area contributed by atoms with Crippen LogP contribution in [0.3, 0.4) is 0 Å². The van der Waals surface area contributed by atoms with Crippen molar-refractivity contribution < 1.29 is 9.47 Å². The molecule has 3 rings (SSSR count). The van der Waals surface area contributed by atoms with E-state index in [0.717, 1.165) is 6.61 Å².